The molecule has 0 spiro atoms. The topological polar surface area (TPSA) is 84.9 Å². The molecule has 1 aliphatic heterocycles. The fourth-order valence-electron chi connectivity index (χ4n) is 4.98. The molecule has 4 aromatic rings. The number of benzene rings is 4. The predicted octanol–water partition coefficient (Wildman–Crippen LogP) is 7.04. The Kier molecular flexibility index (Phi) is 8.35. The van der Waals surface area contributed by atoms with Gasteiger partial charge in [0.15, 0.2) is 9.84 Å². The molecule has 5 rings (SSSR count). The molecule has 8 heteroatoms. The van der Waals surface area contributed by atoms with Crippen molar-refractivity contribution in [2.45, 2.75) is 41.5 Å². The summed E-state index contributed by atoms with van der Waals surface area (Å²) in [7, 11) is -3.36. The number of phenolic OH excluding ortho intramolecular Hbond substituents is 1. The highest BCUT2D eigenvalue weighted by molar-refractivity contribution is 7.99. The van der Waals surface area contributed by atoms with Gasteiger partial charge in [0.05, 0.1) is 11.5 Å². The van der Waals surface area contributed by atoms with E-state index in [1.807, 2.05) is 60.9 Å². The molecule has 0 aliphatic carbocycles. The minimum atomic E-state index is -3.36. The van der Waals surface area contributed by atoms with E-state index in [1.165, 1.54) is 37.3 Å². The monoisotopic (exact) mass is 563 g/mol. The van der Waals surface area contributed by atoms with E-state index in [0.717, 1.165) is 40.6 Å². The summed E-state index contributed by atoms with van der Waals surface area (Å²) >= 11 is 1.39. The quantitative estimate of drug-likeness (QED) is 0.211. The molecule has 2 N–H and O–H groups in total. The molecule has 39 heavy (non-hydrogen) atoms. The molecule has 0 amide bonds. The number of piperidine rings is 1. The van der Waals surface area contributed by atoms with Crippen LogP contribution in [0, 0.1) is 0 Å². The second kappa shape index (κ2) is 11.9. The summed E-state index contributed by atoms with van der Waals surface area (Å²) in [5.41, 5.74) is 1.66. The Balaban J connectivity index is 1.43. The standard InChI is InChI=1S/C31H33NO5S2/c1-38-29-20-22(7-15-30(29)39(2,34)35)27-13-6-21-19-24(33)8-14-28(21)31(27)37-26-11-9-25(10-12-26)36-18-16-23-5-3-4-17-32-23/h6-15,19-20,23,32-33H,3-5,16-18H2,1-2H3. The number of hydrogen-bond acceptors (Lipinski definition) is 7. The maximum atomic E-state index is 12.3. The molecule has 6 nitrogen and oxygen atoms in total. The Morgan fingerprint density at radius 3 is 2.49 bits per heavy atom. The first-order chi connectivity index (χ1) is 18.8. The van der Waals surface area contributed by atoms with Crippen LogP contribution in [-0.2, 0) is 9.84 Å². The lowest BCUT2D eigenvalue weighted by molar-refractivity contribution is 0.268. The zero-order chi connectivity index (χ0) is 27.4. The van der Waals surface area contributed by atoms with Gasteiger partial charge in [-0.2, -0.15) is 0 Å². The number of thioether (sulfide) groups is 1. The van der Waals surface area contributed by atoms with Gasteiger partial charge in [-0.25, -0.2) is 8.42 Å². The number of ether oxygens (including phenoxy) is 2. The maximum Gasteiger partial charge on any atom is 0.176 e. The minimum absolute atomic E-state index is 0.174. The summed E-state index contributed by atoms with van der Waals surface area (Å²) in [6.45, 7) is 1.75. The van der Waals surface area contributed by atoms with Crippen LogP contribution in [-0.4, -0.2) is 45.2 Å². The molecule has 0 radical (unpaired) electrons. The molecule has 1 saturated heterocycles. The average molecular weight is 564 g/mol. The lowest BCUT2D eigenvalue weighted by Gasteiger charge is -2.23. The molecule has 204 valence electrons. The smallest absolute Gasteiger partial charge is 0.176 e. The molecular formula is C31H33NO5S2. The van der Waals surface area contributed by atoms with Crippen LogP contribution in [0.5, 0.6) is 23.0 Å². The first-order valence-electron chi connectivity index (χ1n) is 13.1. The van der Waals surface area contributed by atoms with Crippen LogP contribution in [0.3, 0.4) is 0 Å². The van der Waals surface area contributed by atoms with Gasteiger partial charge in [-0.3, -0.25) is 0 Å². The number of fused-ring (bicyclic) bond motifs is 1. The fourth-order valence-corrected chi connectivity index (χ4v) is 6.94. The molecule has 1 unspecified atom stereocenters. The van der Waals surface area contributed by atoms with Gasteiger partial charge in [0.1, 0.15) is 23.0 Å². The first-order valence-corrected chi connectivity index (χ1v) is 16.2. The summed E-state index contributed by atoms with van der Waals surface area (Å²) in [5.74, 6) is 2.25. The Labute approximate surface area is 234 Å². The highest BCUT2D eigenvalue weighted by Gasteiger charge is 2.18. The average Bonchev–Trinajstić information content (AvgIpc) is 2.93. The van der Waals surface area contributed by atoms with Gasteiger partial charge < -0.3 is 19.9 Å². The van der Waals surface area contributed by atoms with Crippen LogP contribution in [0.4, 0.5) is 0 Å². The third-order valence-electron chi connectivity index (χ3n) is 7.02. The van der Waals surface area contributed by atoms with Gasteiger partial charge in [0, 0.05) is 28.1 Å². The Bertz CT molecular complexity index is 1560. The molecular weight excluding hydrogens is 530 g/mol. The van der Waals surface area contributed by atoms with Gasteiger partial charge in [-0.15, -0.1) is 11.8 Å². The Morgan fingerprint density at radius 1 is 0.974 bits per heavy atom. The van der Waals surface area contributed by atoms with Crippen LogP contribution in [0.1, 0.15) is 25.7 Å². The van der Waals surface area contributed by atoms with Gasteiger partial charge >= 0.3 is 0 Å². The third kappa shape index (κ3) is 6.52. The maximum absolute atomic E-state index is 12.3. The first kappa shape index (κ1) is 27.4. The zero-order valence-electron chi connectivity index (χ0n) is 22.1. The molecule has 1 atom stereocenters. The van der Waals surface area contributed by atoms with E-state index in [9.17, 15) is 13.5 Å². The van der Waals surface area contributed by atoms with Gasteiger partial charge in [-0.05, 0) is 104 Å². The second-order valence-corrected chi connectivity index (χ2v) is 12.7. The Hall–Kier alpha value is -3.20. The molecule has 1 aliphatic rings. The molecule has 4 aromatic carbocycles. The SMILES string of the molecule is CSc1cc(-c2ccc3cc(O)ccc3c2Oc2ccc(OCCC3CCCCN3)cc2)ccc1S(C)(=O)=O. The second-order valence-electron chi connectivity index (χ2n) is 9.84. The summed E-state index contributed by atoms with van der Waals surface area (Å²) in [4.78, 5) is 0.985. The lowest BCUT2D eigenvalue weighted by atomic mass is 9.99. The van der Waals surface area contributed by atoms with Crippen molar-refractivity contribution in [3.63, 3.8) is 0 Å². The number of aromatic hydroxyl groups is 1. The van der Waals surface area contributed by atoms with Crippen LogP contribution < -0.4 is 14.8 Å². The van der Waals surface area contributed by atoms with Crippen LogP contribution >= 0.6 is 11.8 Å². The van der Waals surface area contributed by atoms with E-state index < -0.39 is 9.84 Å². The van der Waals surface area contributed by atoms with E-state index >= 15 is 0 Å². The number of phenols is 1. The van der Waals surface area contributed by atoms with Crippen molar-refractivity contribution in [3.8, 4) is 34.1 Å². The highest BCUT2D eigenvalue weighted by atomic mass is 32.2. The van der Waals surface area contributed by atoms with Gasteiger partial charge in [0.2, 0.25) is 0 Å². The number of hydrogen-bond donors (Lipinski definition) is 2. The number of sulfone groups is 1. The minimum Gasteiger partial charge on any atom is -0.508 e. The number of rotatable bonds is 9. The van der Waals surface area contributed by atoms with Gasteiger partial charge in [0.25, 0.3) is 0 Å². The largest absolute Gasteiger partial charge is 0.508 e. The van der Waals surface area contributed by atoms with Crippen LogP contribution in [0.15, 0.2) is 82.6 Å². The van der Waals surface area contributed by atoms with E-state index in [2.05, 4.69) is 5.32 Å². The van der Waals surface area contributed by atoms with Gasteiger partial charge in [-0.1, -0.05) is 18.6 Å². The molecule has 0 saturated carbocycles. The van der Waals surface area contributed by atoms with E-state index in [4.69, 9.17) is 9.47 Å². The summed E-state index contributed by atoms with van der Waals surface area (Å²) in [5, 5.41) is 15.3. The summed E-state index contributed by atoms with van der Waals surface area (Å²) < 4.78 is 37.0. The normalized spacial score (nSPS) is 15.8. The van der Waals surface area contributed by atoms with Crippen LogP contribution in [0.25, 0.3) is 21.9 Å². The molecule has 1 heterocycles. The molecule has 1 fully saturated rings. The lowest BCUT2D eigenvalue weighted by Crippen LogP contribution is -2.35. The van der Waals surface area contributed by atoms with Crippen molar-refractivity contribution in [2.24, 2.45) is 0 Å². The molecule has 0 bridgehead atoms. The van der Waals surface area contributed by atoms with Crippen molar-refractivity contribution in [3.05, 3.63) is 72.8 Å². The Morgan fingerprint density at radius 2 is 1.77 bits per heavy atom. The van der Waals surface area contributed by atoms with E-state index in [0.29, 0.717) is 33.9 Å². The number of nitrogens with one attached hydrogen (secondary N) is 1. The molecule has 0 aromatic heterocycles. The summed E-state index contributed by atoms with van der Waals surface area (Å²) in [6.07, 6.45) is 7.81. The summed E-state index contributed by atoms with van der Waals surface area (Å²) in [6, 6.07) is 22.5. The van der Waals surface area contributed by atoms with Crippen molar-refractivity contribution in [2.75, 3.05) is 25.7 Å². The van der Waals surface area contributed by atoms with Crippen molar-refractivity contribution in [1.29, 1.82) is 0 Å². The van der Waals surface area contributed by atoms with E-state index in [1.54, 1.807) is 18.2 Å². The predicted molar refractivity (Wildman–Crippen MR) is 158 cm³/mol. The van der Waals surface area contributed by atoms with Crippen molar-refractivity contribution < 1.29 is 23.0 Å². The van der Waals surface area contributed by atoms with Crippen LogP contribution in [0.2, 0.25) is 0 Å². The zero-order valence-corrected chi connectivity index (χ0v) is 23.8. The van der Waals surface area contributed by atoms with E-state index in [-0.39, 0.29) is 5.75 Å². The fraction of sp³-hybridized carbons (Fsp3) is 0.290. The highest BCUT2D eigenvalue weighted by Crippen LogP contribution is 2.42. The third-order valence-corrected chi connectivity index (χ3v) is 9.08. The van der Waals surface area contributed by atoms with Crippen molar-refractivity contribution in [1.82, 2.24) is 5.32 Å². The van der Waals surface area contributed by atoms with Crippen molar-refractivity contribution >= 4 is 32.4 Å².